The Bertz CT molecular complexity index is 8390. The summed E-state index contributed by atoms with van der Waals surface area (Å²) in [5.41, 5.74) is 30.4. The van der Waals surface area contributed by atoms with E-state index in [-0.39, 0.29) is 0 Å². The first-order chi connectivity index (χ1) is 64.9. The van der Waals surface area contributed by atoms with E-state index in [2.05, 4.69) is 400 Å². The van der Waals surface area contributed by atoms with Crippen molar-refractivity contribution in [1.82, 2.24) is 43.2 Å². The molecular weight excluding hydrogens is 1600 g/mol. The lowest BCUT2D eigenvalue weighted by molar-refractivity contribution is 0.669. The van der Waals surface area contributed by atoms with E-state index in [9.17, 15) is 0 Å². The van der Waals surface area contributed by atoms with Gasteiger partial charge in [0.15, 0.2) is 23.3 Å². The third-order valence-electron chi connectivity index (χ3n) is 25.1. The number of hydrogen-bond donors (Lipinski definition) is 0. The van der Waals surface area contributed by atoms with Crippen molar-refractivity contribution >= 4 is 109 Å². The Morgan fingerprint density at radius 2 is 0.405 bits per heavy atom. The van der Waals surface area contributed by atoms with Crippen molar-refractivity contribution < 1.29 is 4.42 Å². The molecule has 0 N–H and O–H groups in total. The summed E-state index contributed by atoms with van der Waals surface area (Å²) in [4.78, 5) is 25.0. The first kappa shape index (κ1) is 76.9. The number of furan rings is 1. The highest BCUT2D eigenvalue weighted by atomic mass is 16.3. The third-order valence-corrected chi connectivity index (χ3v) is 25.1. The molecule has 7 heterocycles. The minimum absolute atomic E-state index is 0.648. The van der Waals surface area contributed by atoms with Crippen LogP contribution in [0.25, 0.3) is 233 Å². The molecule has 131 heavy (non-hydrogen) atoms. The van der Waals surface area contributed by atoms with Crippen molar-refractivity contribution in [3.63, 3.8) is 0 Å². The quantitative estimate of drug-likeness (QED) is 0.114. The molecule has 0 radical (unpaired) electrons. The van der Waals surface area contributed by atoms with Gasteiger partial charge in [0, 0.05) is 110 Å². The Labute approximate surface area is 755 Å². The van der Waals surface area contributed by atoms with Crippen LogP contribution in [0, 0.1) is 0 Å². The molecule has 19 aromatic carbocycles. The average Bonchev–Trinajstić information content (AvgIpc) is 1.60. The third kappa shape index (κ3) is 14.2. The molecule has 0 aliphatic carbocycles. The second-order valence-corrected chi connectivity index (χ2v) is 33.0. The van der Waals surface area contributed by atoms with Gasteiger partial charge in [0.25, 0.3) is 0 Å². The van der Waals surface area contributed by atoms with Gasteiger partial charge in [-0.2, -0.15) is 0 Å². The highest BCUT2D eigenvalue weighted by Crippen LogP contribution is 2.44. The summed E-state index contributed by atoms with van der Waals surface area (Å²) in [5.74, 6) is 2.66. The largest absolute Gasteiger partial charge is 0.456 e. The number of nitrogens with zero attached hydrogens (tertiary/aromatic N) is 9. The van der Waals surface area contributed by atoms with Crippen molar-refractivity contribution in [2.45, 2.75) is 0 Å². The molecule has 10 heteroatoms. The van der Waals surface area contributed by atoms with Gasteiger partial charge in [-0.25, -0.2) is 24.9 Å². The van der Waals surface area contributed by atoms with Crippen LogP contribution in [-0.2, 0) is 0 Å². The summed E-state index contributed by atoms with van der Waals surface area (Å²) >= 11 is 0. The standard InChI is InChI=1S/C46H30N4.C42H27NO.C33H22N4/c1-3-15-31(16-4-1)40-30-41(48-46(47-40)32-17-5-2-6-18-32)33-27-34(49-42-23-11-7-19-36(42)37-20-8-12-24-43(37)49)29-35(28-33)50-44-25-13-9-21-38(44)39-22-10-14-26-45(39)50;1-2-11-28(12-3-1)31-23-32(25-33(24-31)30-21-22-42-38(27-30)37-17-6-9-20-41(37)44-42)29-13-10-14-34(26-29)43-39-18-7-4-15-35(39)36-16-5-8-19-40(36)43;1-3-12-23(13-4-1)31-34-32(24-14-5-2-6-15-24)36-33(35-31)25-16-11-17-26(22-25)37-29-20-9-7-18-27(29)28-19-8-10-21-30(28)37/h1-30H;1-27H;1-22H. The van der Waals surface area contributed by atoms with Crippen LogP contribution in [-0.4, -0.2) is 43.2 Å². The van der Waals surface area contributed by atoms with Gasteiger partial charge in [-0.3, -0.25) is 0 Å². The molecule has 0 spiro atoms. The monoisotopic (exact) mass is 1670 g/mol. The average molecular weight is 1680 g/mol. The highest BCUT2D eigenvalue weighted by molar-refractivity contribution is 6.13. The van der Waals surface area contributed by atoms with Gasteiger partial charge in [-0.05, 0) is 167 Å². The van der Waals surface area contributed by atoms with E-state index in [4.69, 9.17) is 29.3 Å². The molecular formula is C121H79N9O. The van der Waals surface area contributed by atoms with Crippen molar-refractivity contribution in [2.75, 3.05) is 0 Å². The van der Waals surface area contributed by atoms with Gasteiger partial charge in [-0.15, -0.1) is 0 Å². The Morgan fingerprint density at radius 3 is 0.802 bits per heavy atom. The van der Waals surface area contributed by atoms with E-state index in [0.29, 0.717) is 23.3 Å². The van der Waals surface area contributed by atoms with E-state index in [1.807, 2.05) is 97.1 Å². The van der Waals surface area contributed by atoms with E-state index < -0.39 is 0 Å². The van der Waals surface area contributed by atoms with Crippen molar-refractivity contribution in [3.05, 3.63) is 479 Å². The molecule has 26 aromatic rings. The maximum atomic E-state index is 6.14. The molecule has 7 aromatic heterocycles. The predicted octanol–water partition coefficient (Wildman–Crippen LogP) is 31.3. The number of aromatic nitrogens is 9. The zero-order valence-corrected chi connectivity index (χ0v) is 71.0. The molecule has 0 saturated carbocycles. The Hall–Kier alpha value is -17.7. The van der Waals surface area contributed by atoms with Crippen LogP contribution < -0.4 is 0 Å². The Kier molecular flexibility index (Phi) is 19.4. The van der Waals surface area contributed by atoms with Crippen LogP contribution in [0.3, 0.4) is 0 Å². The van der Waals surface area contributed by atoms with E-state index in [0.717, 1.165) is 112 Å². The van der Waals surface area contributed by atoms with Crippen LogP contribution in [0.4, 0.5) is 0 Å². The minimum Gasteiger partial charge on any atom is -0.456 e. The lowest BCUT2D eigenvalue weighted by Crippen LogP contribution is -2.01. The molecule has 0 aliphatic heterocycles. The van der Waals surface area contributed by atoms with Crippen LogP contribution in [0.2, 0.25) is 0 Å². The molecule has 0 bridgehead atoms. The van der Waals surface area contributed by atoms with Crippen molar-refractivity contribution in [3.8, 4) is 124 Å². The summed E-state index contributed by atoms with van der Waals surface area (Å²) in [6.07, 6.45) is 0. The van der Waals surface area contributed by atoms with Gasteiger partial charge < -0.3 is 22.7 Å². The number of fused-ring (bicyclic) bond motifs is 15. The molecule has 0 atom stereocenters. The molecule has 0 fully saturated rings. The molecule has 26 rings (SSSR count). The molecule has 0 amide bonds. The van der Waals surface area contributed by atoms with Gasteiger partial charge in [0.05, 0.1) is 55.5 Å². The predicted molar refractivity (Wildman–Crippen MR) is 542 cm³/mol. The second kappa shape index (κ2) is 33.0. The lowest BCUT2D eigenvalue weighted by atomic mass is 9.92. The maximum absolute atomic E-state index is 6.14. The van der Waals surface area contributed by atoms with Crippen LogP contribution in [0.1, 0.15) is 0 Å². The summed E-state index contributed by atoms with van der Waals surface area (Å²) in [5, 5.41) is 12.2. The van der Waals surface area contributed by atoms with Crippen LogP contribution in [0.5, 0.6) is 0 Å². The second-order valence-electron chi connectivity index (χ2n) is 33.0. The van der Waals surface area contributed by atoms with Gasteiger partial charge in [0.1, 0.15) is 11.2 Å². The van der Waals surface area contributed by atoms with Gasteiger partial charge in [-0.1, -0.05) is 346 Å². The fourth-order valence-corrected chi connectivity index (χ4v) is 19.1. The maximum Gasteiger partial charge on any atom is 0.164 e. The number of rotatable bonds is 13. The van der Waals surface area contributed by atoms with Crippen molar-refractivity contribution in [1.29, 1.82) is 0 Å². The fraction of sp³-hybridized carbons (Fsp3) is 0. The van der Waals surface area contributed by atoms with Gasteiger partial charge in [0.2, 0.25) is 0 Å². The Morgan fingerprint density at radius 1 is 0.137 bits per heavy atom. The lowest BCUT2D eigenvalue weighted by Gasteiger charge is -2.16. The number of hydrogen-bond acceptors (Lipinski definition) is 6. The first-order valence-corrected chi connectivity index (χ1v) is 44.2. The molecule has 0 unspecified atom stereocenters. The summed E-state index contributed by atoms with van der Waals surface area (Å²) in [6, 6.07) is 169. The highest BCUT2D eigenvalue weighted by Gasteiger charge is 2.23. The summed E-state index contributed by atoms with van der Waals surface area (Å²) < 4.78 is 15.6. The first-order valence-electron chi connectivity index (χ1n) is 44.2. The SMILES string of the molecule is c1ccc(-c2cc(-c3cc(-n4c5ccccc5c5ccccc54)cc(-n4c5ccccc5c5ccccc54)c3)nc(-c3ccccc3)n2)cc1.c1ccc(-c2cc(-c3cccc(-n4c5ccccc5c5ccccc54)c3)cc(-c3ccc4oc5ccccc5c4c3)c2)cc1.c1ccc(-c2nc(-c3ccccc3)nc(-c3cccc(-n4c5ccccc5c5ccccc54)c3)n2)cc1. The normalized spacial score (nSPS) is 11.5. The fourth-order valence-electron chi connectivity index (χ4n) is 19.1. The van der Waals surface area contributed by atoms with Crippen molar-refractivity contribution in [2.24, 2.45) is 0 Å². The zero-order chi connectivity index (χ0) is 86.7. The van der Waals surface area contributed by atoms with Crippen LogP contribution >= 0.6 is 0 Å². The summed E-state index contributed by atoms with van der Waals surface area (Å²) in [7, 11) is 0. The molecule has 614 valence electrons. The van der Waals surface area contributed by atoms with Crippen LogP contribution in [0.15, 0.2) is 484 Å². The topological polar surface area (TPSA) is 97.3 Å². The van der Waals surface area contributed by atoms with E-state index in [1.54, 1.807) is 0 Å². The van der Waals surface area contributed by atoms with E-state index >= 15 is 0 Å². The smallest absolute Gasteiger partial charge is 0.164 e. The van der Waals surface area contributed by atoms with E-state index in [1.165, 1.54) is 98.5 Å². The summed E-state index contributed by atoms with van der Waals surface area (Å²) in [6.45, 7) is 0. The van der Waals surface area contributed by atoms with Gasteiger partial charge >= 0.3 is 0 Å². The molecule has 10 nitrogen and oxygen atoms in total. The zero-order valence-electron chi connectivity index (χ0n) is 71.0. The minimum atomic E-state index is 0.648. The number of benzene rings is 19. The molecule has 0 aliphatic rings. The number of para-hydroxylation sites is 9. The molecule has 0 saturated heterocycles. The Balaban J connectivity index is 0.000000110.